The Balaban J connectivity index is 2.47. The quantitative estimate of drug-likeness (QED) is 0.0148. The van der Waals surface area contributed by atoms with Crippen molar-refractivity contribution < 1.29 is 58.3 Å². The van der Waals surface area contributed by atoms with Gasteiger partial charge in [0.1, 0.15) is 42.7 Å². The van der Waals surface area contributed by atoms with Gasteiger partial charge in [-0.2, -0.15) is 0 Å². The molecule has 6 atom stereocenters. The molecule has 6 N–H and O–H groups in total. The third-order valence-electron chi connectivity index (χ3n) is 10.2. The topological polar surface area (TPSA) is 192 Å². The standard InChI is InChI=1S/C55H85O12P/c1-3-5-7-9-11-13-15-17-19-21-23-24-25-26-27-28-30-32-34-36-38-40-42-44-49(56)66-48(47-65-68(62,63)67-55-53(60)51(58)50(57)52(59)54(55)61)46-64-45-43-41-39-37-35-33-31-29-22-20-18-16-14-12-10-8-6-4-2/h5-8,11-14,17-20,23-24,26-27,29-32,35-38,48,50-55,57-61H,3-4,9-10,15-16,21-22,25,28,33-34,39-47H2,1-2H3,(H,62,63)/b7-5-,8-6-,13-11-,14-12-,19-17-,20-18-,24-23-,27-26-,31-29-,32-30-,37-35-,38-36-. The summed E-state index contributed by atoms with van der Waals surface area (Å²) in [5, 5.41) is 50.3. The Bertz CT molecular complexity index is 1670. The number of carbonyl (C=O) groups is 1. The van der Waals surface area contributed by atoms with Crippen LogP contribution in [0.4, 0.5) is 0 Å². The third-order valence-corrected chi connectivity index (χ3v) is 11.2. The molecular formula is C55H85O12P. The van der Waals surface area contributed by atoms with E-state index in [1.165, 1.54) is 0 Å². The average Bonchev–Trinajstić information content (AvgIpc) is 3.32. The van der Waals surface area contributed by atoms with Gasteiger partial charge in [0, 0.05) is 13.0 Å². The Labute approximate surface area is 408 Å². The van der Waals surface area contributed by atoms with Crippen molar-refractivity contribution in [3.8, 4) is 0 Å². The second-order valence-corrected chi connectivity index (χ2v) is 17.6. The van der Waals surface area contributed by atoms with Gasteiger partial charge >= 0.3 is 13.8 Å². The van der Waals surface area contributed by atoms with Crippen LogP contribution in [0.1, 0.15) is 129 Å². The van der Waals surface area contributed by atoms with Crippen LogP contribution in [-0.4, -0.2) is 98.9 Å². The zero-order valence-corrected chi connectivity index (χ0v) is 41.7. The maximum Gasteiger partial charge on any atom is 0.472 e. The maximum atomic E-state index is 12.8. The van der Waals surface area contributed by atoms with Crippen molar-refractivity contribution in [2.45, 2.75) is 172 Å². The molecule has 0 bridgehead atoms. The van der Waals surface area contributed by atoms with Gasteiger partial charge in [0.2, 0.25) is 0 Å². The van der Waals surface area contributed by atoms with E-state index in [-0.39, 0.29) is 13.0 Å². The van der Waals surface area contributed by atoms with Crippen molar-refractivity contribution in [3.63, 3.8) is 0 Å². The lowest BCUT2D eigenvalue weighted by Gasteiger charge is -2.41. The summed E-state index contributed by atoms with van der Waals surface area (Å²) >= 11 is 0. The monoisotopic (exact) mass is 969 g/mol. The zero-order valence-electron chi connectivity index (χ0n) is 40.8. The molecular weight excluding hydrogens is 884 g/mol. The summed E-state index contributed by atoms with van der Waals surface area (Å²) in [5.41, 5.74) is 0. The van der Waals surface area contributed by atoms with E-state index in [0.29, 0.717) is 19.4 Å². The number of hydrogen-bond acceptors (Lipinski definition) is 11. The van der Waals surface area contributed by atoms with Crippen molar-refractivity contribution in [1.29, 1.82) is 0 Å². The summed E-state index contributed by atoms with van der Waals surface area (Å²) in [7, 11) is -5.06. The van der Waals surface area contributed by atoms with E-state index in [2.05, 4.69) is 148 Å². The Morgan fingerprint density at radius 2 is 0.809 bits per heavy atom. The average molecular weight is 969 g/mol. The number of carbonyl (C=O) groups excluding carboxylic acids is 1. The van der Waals surface area contributed by atoms with Gasteiger partial charge in [-0.3, -0.25) is 13.8 Å². The molecule has 12 nitrogen and oxygen atoms in total. The van der Waals surface area contributed by atoms with Crippen LogP contribution in [0.3, 0.4) is 0 Å². The van der Waals surface area contributed by atoms with Gasteiger partial charge < -0.3 is 39.9 Å². The summed E-state index contributed by atoms with van der Waals surface area (Å²) in [6.45, 7) is 3.84. The fraction of sp³-hybridized carbons (Fsp3) is 0.545. The minimum absolute atomic E-state index is 0.0832. The Hall–Kier alpha value is -3.78. The third kappa shape index (κ3) is 34.5. The minimum atomic E-state index is -5.06. The van der Waals surface area contributed by atoms with Gasteiger partial charge in [0.05, 0.1) is 13.2 Å². The van der Waals surface area contributed by atoms with E-state index in [4.69, 9.17) is 18.5 Å². The summed E-state index contributed by atoms with van der Waals surface area (Å²) < 4.78 is 34.1. The molecule has 1 saturated carbocycles. The highest BCUT2D eigenvalue weighted by Crippen LogP contribution is 2.47. The van der Waals surface area contributed by atoms with Crippen molar-refractivity contribution in [1.82, 2.24) is 0 Å². The Morgan fingerprint density at radius 1 is 0.471 bits per heavy atom. The van der Waals surface area contributed by atoms with Crippen LogP contribution in [0.5, 0.6) is 0 Å². The van der Waals surface area contributed by atoms with Crippen molar-refractivity contribution in [3.05, 3.63) is 146 Å². The molecule has 6 unspecified atom stereocenters. The number of rotatable bonds is 39. The predicted molar refractivity (Wildman–Crippen MR) is 276 cm³/mol. The van der Waals surface area contributed by atoms with Crippen LogP contribution in [0.25, 0.3) is 0 Å². The van der Waals surface area contributed by atoms with Gasteiger partial charge in [-0.25, -0.2) is 4.57 Å². The van der Waals surface area contributed by atoms with Crippen LogP contribution < -0.4 is 0 Å². The number of allylic oxidation sites excluding steroid dienone is 24. The second kappa shape index (κ2) is 43.3. The fourth-order valence-corrected chi connectivity index (χ4v) is 7.34. The molecule has 1 aliphatic rings. The van der Waals surface area contributed by atoms with Gasteiger partial charge in [-0.15, -0.1) is 0 Å². The molecule has 0 heterocycles. The van der Waals surface area contributed by atoms with Crippen LogP contribution >= 0.6 is 7.82 Å². The van der Waals surface area contributed by atoms with E-state index in [1.54, 1.807) is 0 Å². The summed E-state index contributed by atoms with van der Waals surface area (Å²) in [6.07, 6.45) is 53.5. The highest BCUT2D eigenvalue weighted by Gasteiger charge is 2.51. The number of phosphoric acid groups is 1. The number of esters is 1. The molecule has 13 heteroatoms. The van der Waals surface area contributed by atoms with E-state index in [1.807, 2.05) is 12.2 Å². The number of unbranched alkanes of at least 4 members (excludes halogenated alkanes) is 3. The molecule has 382 valence electrons. The molecule has 0 aromatic rings. The number of phosphoric ester groups is 1. The lowest BCUT2D eigenvalue weighted by atomic mass is 9.85. The van der Waals surface area contributed by atoms with E-state index < -0.39 is 63.1 Å². The first-order chi connectivity index (χ1) is 33.0. The van der Waals surface area contributed by atoms with Gasteiger partial charge in [-0.05, 0) is 109 Å². The number of aliphatic hydroxyl groups is 5. The largest absolute Gasteiger partial charge is 0.472 e. The van der Waals surface area contributed by atoms with Gasteiger partial charge in [0.15, 0.2) is 0 Å². The Morgan fingerprint density at radius 3 is 1.19 bits per heavy atom. The molecule has 0 amide bonds. The number of hydrogen-bond donors (Lipinski definition) is 6. The minimum Gasteiger partial charge on any atom is -0.457 e. The zero-order chi connectivity index (χ0) is 49.8. The molecule has 68 heavy (non-hydrogen) atoms. The molecule has 0 radical (unpaired) electrons. The molecule has 1 rings (SSSR count). The smallest absolute Gasteiger partial charge is 0.457 e. The summed E-state index contributed by atoms with van der Waals surface area (Å²) in [6, 6.07) is 0. The first kappa shape index (κ1) is 62.2. The first-order valence-corrected chi connectivity index (χ1v) is 26.2. The Kier molecular flexibility index (Phi) is 39.6. The van der Waals surface area contributed by atoms with E-state index in [9.17, 15) is 39.8 Å². The molecule has 0 saturated heterocycles. The summed E-state index contributed by atoms with van der Waals surface area (Å²) in [5.74, 6) is -0.557. The molecule has 1 fully saturated rings. The van der Waals surface area contributed by atoms with E-state index in [0.717, 1.165) is 96.3 Å². The molecule has 0 aliphatic heterocycles. The second-order valence-electron chi connectivity index (χ2n) is 16.2. The van der Waals surface area contributed by atoms with Crippen molar-refractivity contribution >= 4 is 13.8 Å². The first-order valence-electron chi connectivity index (χ1n) is 24.7. The molecule has 1 aliphatic carbocycles. The van der Waals surface area contributed by atoms with Crippen molar-refractivity contribution in [2.75, 3.05) is 19.8 Å². The number of aliphatic hydroxyl groups excluding tert-OH is 5. The van der Waals surface area contributed by atoms with Crippen LogP contribution in [0, 0.1) is 0 Å². The lowest BCUT2D eigenvalue weighted by Crippen LogP contribution is -2.64. The molecule has 0 spiro atoms. The van der Waals surface area contributed by atoms with Gasteiger partial charge in [0.25, 0.3) is 0 Å². The van der Waals surface area contributed by atoms with Crippen LogP contribution in [0.15, 0.2) is 146 Å². The molecule has 0 aromatic heterocycles. The normalized spacial score (nSPS) is 22.4. The highest BCUT2D eigenvalue weighted by molar-refractivity contribution is 7.47. The van der Waals surface area contributed by atoms with Gasteiger partial charge in [-0.1, -0.05) is 160 Å². The predicted octanol–water partition coefficient (Wildman–Crippen LogP) is 11.0. The van der Waals surface area contributed by atoms with E-state index >= 15 is 0 Å². The highest BCUT2D eigenvalue weighted by atomic mass is 31.2. The summed E-state index contributed by atoms with van der Waals surface area (Å²) in [4.78, 5) is 23.2. The molecule has 0 aromatic carbocycles. The maximum absolute atomic E-state index is 12.8. The van der Waals surface area contributed by atoms with Crippen LogP contribution in [0.2, 0.25) is 0 Å². The van der Waals surface area contributed by atoms with Crippen LogP contribution in [-0.2, 0) is 27.9 Å². The lowest BCUT2D eigenvalue weighted by molar-refractivity contribution is -0.220. The fourth-order valence-electron chi connectivity index (χ4n) is 6.37. The SMILES string of the molecule is CC/C=C\C/C=C\C/C=C\C/C=C\C/C=C\C/C=C\C/C=C\CCCC(=O)OC(COCCCC/C=C\C/C=C\C/C=C\C/C=C\C/C=C\CC)COP(=O)(O)OC1C(O)C(O)C(O)C(O)C1O. The number of ether oxygens (including phenoxy) is 2. The van der Waals surface area contributed by atoms with Crippen molar-refractivity contribution in [2.24, 2.45) is 0 Å².